The molecule has 0 saturated carbocycles. The second-order valence-electron chi connectivity index (χ2n) is 9.43. The molecule has 10 nitrogen and oxygen atoms in total. The summed E-state index contributed by atoms with van der Waals surface area (Å²) in [5.41, 5.74) is 12.1. The summed E-state index contributed by atoms with van der Waals surface area (Å²) in [6, 6.07) is 2.10. The van der Waals surface area contributed by atoms with Crippen molar-refractivity contribution in [1.82, 2.24) is 10.2 Å². The maximum Gasteiger partial charge on any atom is 0.268 e. The van der Waals surface area contributed by atoms with Crippen molar-refractivity contribution in [1.29, 1.82) is 10.7 Å². The molecule has 0 amide bonds. The zero-order chi connectivity index (χ0) is 25.4. The number of amidine groups is 1. The van der Waals surface area contributed by atoms with Crippen molar-refractivity contribution in [2.24, 2.45) is 32.1 Å². The van der Waals surface area contributed by atoms with Crippen LogP contribution in [0.2, 0.25) is 0 Å². The number of hydrogen-bond donors (Lipinski definition) is 5. The second kappa shape index (κ2) is 11.2. The summed E-state index contributed by atoms with van der Waals surface area (Å²) in [5.74, 6) is 0.808. The van der Waals surface area contributed by atoms with Crippen LogP contribution in [0.25, 0.3) is 0 Å². The molecule has 0 bridgehead atoms. The number of rotatable bonds is 8. The molecule has 33 heavy (non-hydrogen) atoms. The Kier molecular flexibility index (Phi) is 9.19. The number of nitrogens with two attached hydrogens (primary N) is 3. The van der Waals surface area contributed by atoms with Crippen molar-refractivity contribution >= 4 is 23.1 Å². The highest BCUT2D eigenvalue weighted by Gasteiger charge is 2.28. The van der Waals surface area contributed by atoms with E-state index in [-0.39, 0.29) is 22.5 Å². The van der Waals surface area contributed by atoms with E-state index in [1.165, 1.54) is 6.20 Å². The first-order chi connectivity index (χ1) is 15.2. The van der Waals surface area contributed by atoms with Crippen LogP contribution in [-0.2, 0) is 5.41 Å². The Morgan fingerprint density at radius 1 is 1.24 bits per heavy atom. The molecule has 0 aliphatic heterocycles. The number of hydrogen-bond acceptors (Lipinski definition) is 7. The molecule has 0 aliphatic rings. The summed E-state index contributed by atoms with van der Waals surface area (Å²) in [4.78, 5) is 4.24. The lowest BCUT2D eigenvalue weighted by atomic mass is 9.86. The van der Waals surface area contributed by atoms with Gasteiger partial charge in [0.2, 0.25) is 5.82 Å². The van der Waals surface area contributed by atoms with E-state index in [0.29, 0.717) is 28.7 Å². The van der Waals surface area contributed by atoms with Gasteiger partial charge in [-0.05, 0) is 31.9 Å². The fourth-order valence-electron chi connectivity index (χ4n) is 2.53. The van der Waals surface area contributed by atoms with Crippen LogP contribution < -0.4 is 16.8 Å². The number of aromatic amines is 1. The largest absolute Gasteiger partial charge is 0.405 e. The molecule has 10 heteroatoms. The lowest BCUT2D eigenvalue weighted by Gasteiger charge is -2.19. The molecule has 0 fully saturated rings. The maximum atomic E-state index is 9.87. The zero-order valence-corrected chi connectivity index (χ0v) is 20.5. The number of aliphatic imine (C=N–C) groups is 1. The molecule has 0 saturated heterocycles. The number of nitrogens with one attached hydrogen (secondary N) is 2. The standard InChI is InChI=1S/C23H34N10/c1-14(11-9-10-12-24)28-20(16(13-25)18(27)22(3,4)5)32-30-17-19(23(6,7)8)31-33-21(17)29-15(2)26/h9-12,27-28H,1,24H2,2-8H3,(H3,26,29,31,33)/p+1. The third-order valence-corrected chi connectivity index (χ3v) is 4.23. The molecule has 0 spiro atoms. The number of quaternary nitrogens is 1. The van der Waals surface area contributed by atoms with Gasteiger partial charge in [-0.3, -0.25) is 10.4 Å². The molecular formula is C23H35N10+. The van der Waals surface area contributed by atoms with Crippen molar-refractivity contribution in [3.05, 3.63) is 53.8 Å². The topological polar surface area (TPSA) is 182 Å². The van der Waals surface area contributed by atoms with Crippen molar-refractivity contribution in [2.45, 2.75) is 53.9 Å². The predicted molar refractivity (Wildman–Crippen MR) is 132 cm³/mol. The van der Waals surface area contributed by atoms with Crippen molar-refractivity contribution in [3.63, 3.8) is 0 Å². The summed E-state index contributed by atoms with van der Waals surface area (Å²) in [7, 11) is 0. The van der Waals surface area contributed by atoms with Crippen LogP contribution in [0.5, 0.6) is 0 Å². The number of H-pyrrole nitrogens is 1. The molecule has 0 radical (unpaired) electrons. The Morgan fingerprint density at radius 3 is 2.36 bits per heavy atom. The highest BCUT2D eigenvalue weighted by molar-refractivity contribution is 6.04. The smallest absolute Gasteiger partial charge is 0.268 e. The van der Waals surface area contributed by atoms with Gasteiger partial charge in [-0.25, -0.2) is 4.99 Å². The van der Waals surface area contributed by atoms with Crippen molar-refractivity contribution in [2.75, 3.05) is 0 Å². The molecular weight excluding hydrogens is 416 g/mol. The number of nitriles is 1. The highest BCUT2D eigenvalue weighted by Crippen LogP contribution is 2.37. The van der Waals surface area contributed by atoms with E-state index in [0.717, 1.165) is 0 Å². The quantitative estimate of drug-likeness (QED) is 0.133. The van der Waals surface area contributed by atoms with Gasteiger partial charge in [-0.1, -0.05) is 52.7 Å². The molecule has 176 valence electrons. The molecule has 1 aromatic heterocycles. The summed E-state index contributed by atoms with van der Waals surface area (Å²) in [6.07, 6.45) is 6.46. The van der Waals surface area contributed by atoms with E-state index < -0.39 is 5.41 Å². The van der Waals surface area contributed by atoms with Gasteiger partial charge >= 0.3 is 0 Å². The van der Waals surface area contributed by atoms with Crippen LogP contribution in [0.3, 0.4) is 0 Å². The Balaban J connectivity index is 3.70. The monoisotopic (exact) mass is 451 g/mol. The summed E-state index contributed by atoms with van der Waals surface area (Å²) < 4.78 is 0. The van der Waals surface area contributed by atoms with E-state index >= 15 is 0 Å². The third-order valence-electron chi connectivity index (χ3n) is 4.23. The van der Waals surface area contributed by atoms with Gasteiger partial charge in [0, 0.05) is 10.8 Å². The zero-order valence-electron chi connectivity index (χ0n) is 20.5. The molecule has 1 heterocycles. The predicted octanol–water partition coefficient (Wildman–Crippen LogP) is 3.71. The van der Waals surface area contributed by atoms with E-state index in [1.54, 1.807) is 30.5 Å². The normalized spacial score (nSPS) is 14.2. The van der Waals surface area contributed by atoms with Gasteiger partial charge < -0.3 is 16.9 Å². The van der Waals surface area contributed by atoms with E-state index in [9.17, 15) is 5.26 Å². The van der Waals surface area contributed by atoms with E-state index in [1.807, 2.05) is 41.5 Å². The average Bonchev–Trinajstić information content (AvgIpc) is 3.08. The number of azo groups is 1. The minimum absolute atomic E-state index is 0.0935. The van der Waals surface area contributed by atoms with Crippen molar-refractivity contribution in [3.8, 4) is 6.07 Å². The number of nitrogens with zero attached hydrogens (tertiary/aromatic N) is 5. The summed E-state index contributed by atoms with van der Waals surface area (Å²) in [5, 5.41) is 35.9. The lowest BCUT2D eigenvalue weighted by molar-refractivity contribution is -0.551. The third kappa shape index (κ3) is 7.97. The average molecular weight is 452 g/mol. The van der Waals surface area contributed by atoms with Gasteiger partial charge in [0.1, 0.15) is 11.8 Å². The molecule has 8 N–H and O–H groups in total. The molecule has 0 unspecified atom stereocenters. The Hall–Kier alpha value is -3.84. The SMILES string of the molecule is C=C(C=CC=CN)[NH2+]C(N=Nc1c(N=C(C)N)n[nH]c1C(C)(C)C)=C(C#N)C(=N)C(C)(C)C. The van der Waals surface area contributed by atoms with Crippen LogP contribution in [0.15, 0.2) is 63.3 Å². The summed E-state index contributed by atoms with van der Waals surface area (Å²) >= 11 is 0. The molecule has 1 aromatic rings. The molecule has 0 aromatic carbocycles. The first-order valence-electron chi connectivity index (χ1n) is 10.4. The fraction of sp³-hybridized carbons (Fsp3) is 0.391. The maximum absolute atomic E-state index is 9.87. The first-order valence-corrected chi connectivity index (χ1v) is 10.4. The van der Waals surface area contributed by atoms with Crippen molar-refractivity contribution < 1.29 is 5.32 Å². The molecule has 0 aliphatic carbocycles. The van der Waals surface area contributed by atoms with Gasteiger partial charge in [0.05, 0.1) is 17.2 Å². The van der Waals surface area contributed by atoms with Gasteiger partial charge in [0.15, 0.2) is 11.3 Å². The van der Waals surface area contributed by atoms with Gasteiger partial charge in [-0.15, -0.1) is 5.11 Å². The van der Waals surface area contributed by atoms with E-state index in [4.69, 9.17) is 16.9 Å². The number of aromatic nitrogens is 2. The Morgan fingerprint density at radius 2 is 1.88 bits per heavy atom. The Bertz CT molecular complexity index is 1070. The van der Waals surface area contributed by atoms with Gasteiger partial charge in [0.25, 0.3) is 5.82 Å². The van der Waals surface area contributed by atoms with E-state index in [2.05, 4.69) is 38.1 Å². The van der Waals surface area contributed by atoms with Crippen LogP contribution in [-0.4, -0.2) is 21.7 Å². The highest BCUT2D eigenvalue weighted by atomic mass is 15.3. The fourth-order valence-corrected chi connectivity index (χ4v) is 2.53. The van der Waals surface area contributed by atoms with Crippen LogP contribution >= 0.6 is 0 Å². The molecule has 1 rings (SSSR count). The second-order valence-corrected chi connectivity index (χ2v) is 9.43. The van der Waals surface area contributed by atoms with Gasteiger partial charge in [-0.2, -0.15) is 10.4 Å². The minimum Gasteiger partial charge on any atom is -0.405 e. The number of allylic oxidation sites excluding steroid dienone is 4. The lowest BCUT2D eigenvalue weighted by Crippen LogP contribution is -2.79. The minimum atomic E-state index is -0.572. The Labute approximate surface area is 195 Å². The summed E-state index contributed by atoms with van der Waals surface area (Å²) in [6.45, 7) is 17.2. The van der Waals surface area contributed by atoms with Crippen LogP contribution in [0, 0.1) is 22.2 Å². The van der Waals surface area contributed by atoms with Crippen LogP contribution in [0.4, 0.5) is 11.5 Å². The first kappa shape index (κ1) is 27.2. The van der Waals surface area contributed by atoms with Crippen LogP contribution in [0.1, 0.15) is 54.2 Å². The molecule has 0 atom stereocenters.